The van der Waals surface area contributed by atoms with Gasteiger partial charge in [0.05, 0.1) is 5.92 Å². The highest BCUT2D eigenvalue weighted by molar-refractivity contribution is 5.70. The quantitative estimate of drug-likeness (QED) is 0.775. The van der Waals surface area contributed by atoms with Gasteiger partial charge in [-0.2, -0.15) is 0 Å². The zero-order chi connectivity index (χ0) is 12.5. The van der Waals surface area contributed by atoms with Crippen molar-refractivity contribution in [1.29, 1.82) is 0 Å². The Labute approximate surface area is 109 Å². The van der Waals surface area contributed by atoms with Crippen molar-refractivity contribution >= 4 is 5.97 Å². The highest BCUT2D eigenvalue weighted by atomic mass is 16.4. The van der Waals surface area contributed by atoms with Gasteiger partial charge in [-0.05, 0) is 44.6 Å². The highest BCUT2D eigenvalue weighted by Crippen LogP contribution is 2.31. The van der Waals surface area contributed by atoms with Gasteiger partial charge in [-0.25, -0.2) is 0 Å². The summed E-state index contributed by atoms with van der Waals surface area (Å²) in [6, 6.07) is 1.05. The minimum absolute atomic E-state index is 0.170. The van der Waals surface area contributed by atoms with E-state index in [1.807, 2.05) is 0 Å². The second-order valence-electron chi connectivity index (χ2n) is 6.36. The van der Waals surface area contributed by atoms with E-state index in [0.717, 1.165) is 32.0 Å². The number of hydrogen-bond acceptors (Lipinski definition) is 3. The Bertz CT molecular complexity index is 313. The van der Waals surface area contributed by atoms with Gasteiger partial charge in [0.1, 0.15) is 0 Å². The average molecular weight is 252 g/mol. The van der Waals surface area contributed by atoms with Crippen LogP contribution in [0.3, 0.4) is 0 Å². The number of piperidine rings is 1. The van der Waals surface area contributed by atoms with E-state index in [2.05, 4.69) is 10.2 Å². The van der Waals surface area contributed by atoms with Gasteiger partial charge < -0.3 is 10.4 Å². The molecule has 2 unspecified atom stereocenters. The summed E-state index contributed by atoms with van der Waals surface area (Å²) in [4.78, 5) is 13.7. The Kier molecular flexibility index (Phi) is 3.57. The molecule has 0 spiro atoms. The molecule has 0 bridgehead atoms. The minimum atomic E-state index is -0.614. The lowest BCUT2D eigenvalue weighted by Gasteiger charge is -2.44. The largest absolute Gasteiger partial charge is 0.481 e. The molecule has 4 heteroatoms. The van der Waals surface area contributed by atoms with E-state index in [-0.39, 0.29) is 5.92 Å². The van der Waals surface area contributed by atoms with Crippen molar-refractivity contribution in [3.63, 3.8) is 0 Å². The smallest absolute Gasteiger partial charge is 0.307 e. The fourth-order valence-electron chi connectivity index (χ4n) is 3.17. The highest BCUT2D eigenvalue weighted by Gasteiger charge is 2.36. The second-order valence-corrected chi connectivity index (χ2v) is 6.36. The fourth-order valence-corrected chi connectivity index (χ4v) is 3.17. The summed E-state index contributed by atoms with van der Waals surface area (Å²) in [5.74, 6) is 0.0839. The maximum absolute atomic E-state index is 11.3. The average Bonchev–Trinajstić information content (AvgIpc) is 3.07. The molecule has 1 heterocycles. The van der Waals surface area contributed by atoms with E-state index in [4.69, 9.17) is 0 Å². The molecule has 3 rings (SSSR count). The summed E-state index contributed by atoms with van der Waals surface area (Å²) in [6.45, 7) is 2.91. The lowest BCUT2D eigenvalue weighted by molar-refractivity contribution is -0.144. The maximum atomic E-state index is 11.3. The van der Waals surface area contributed by atoms with E-state index in [1.165, 1.54) is 32.1 Å². The molecule has 4 nitrogen and oxygen atoms in total. The molecule has 102 valence electrons. The van der Waals surface area contributed by atoms with Gasteiger partial charge in [-0.3, -0.25) is 9.69 Å². The molecule has 0 amide bonds. The Morgan fingerprint density at radius 3 is 2.56 bits per heavy atom. The molecule has 2 N–H and O–H groups in total. The third-order valence-corrected chi connectivity index (χ3v) is 4.81. The number of nitrogens with zero attached hydrogens (tertiary/aromatic N) is 1. The molecule has 0 radical (unpaired) electrons. The number of carboxylic acids is 1. The lowest BCUT2D eigenvalue weighted by Crippen LogP contribution is -2.55. The molecule has 3 aliphatic rings. The first-order valence-electron chi connectivity index (χ1n) is 7.42. The van der Waals surface area contributed by atoms with Crippen LogP contribution in [0.5, 0.6) is 0 Å². The molecule has 18 heavy (non-hydrogen) atoms. The van der Waals surface area contributed by atoms with E-state index in [0.29, 0.717) is 12.1 Å². The van der Waals surface area contributed by atoms with Gasteiger partial charge in [0.2, 0.25) is 0 Å². The molecule has 2 aliphatic carbocycles. The van der Waals surface area contributed by atoms with Gasteiger partial charge >= 0.3 is 5.97 Å². The predicted octanol–water partition coefficient (Wildman–Crippen LogP) is 1.31. The first-order chi connectivity index (χ1) is 8.72. The number of likely N-dealkylation sites (tertiary alicyclic amines) is 1. The van der Waals surface area contributed by atoms with Crippen LogP contribution in [-0.4, -0.2) is 47.7 Å². The van der Waals surface area contributed by atoms with Crippen molar-refractivity contribution in [2.75, 3.05) is 19.6 Å². The van der Waals surface area contributed by atoms with Crippen molar-refractivity contribution in [2.24, 2.45) is 11.8 Å². The summed E-state index contributed by atoms with van der Waals surface area (Å²) in [5, 5.41) is 12.9. The van der Waals surface area contributed by atoms with Crippen LogP contribution < -0.4 is 5.32 Å². The molecule has 1 aliphatic heterocycles. The van der Waals surface area contributed by atoms with Crippen LogP contribution in [0.1, 0.15) is 38.5 Å². The molecule has 0 aromatic rings. The maximum Gasteiger partial charge on any atom is 0.307 e. The monoisotopic (exact) mass is 252 g/mol. The van der Waals surface area contributed by atoms with Gasteiger partial charge in [-0.1, -0.05) is 6.42 Å². The van der Waals surface area contributed by atoms with Crippen LogP contribution in [0.15, 0.2) is 0 Å². The molecular weight excluding hydrogens is 228 g/mol. The third-order valence-electron chi connectivity index (χ3n) is 4.81. The number of aliphatic carboxylic acids is 1. The van der Waals surface area contributed by atoms with E-state index >= 15 is 0 Å². The first kappa shape index (κ1) is 12.4. The predicted molar refractivity (Wildman–Crippen MR) is 69.5 cm³/mol. The molecular formula is C14H24N2O2. The molecule has 2 saturated carbocycles. The van der Waals surface area contributed by atoms with Crippen molar-refractivity contribution in [3.05, 3.63) is 0 Å². The van der Waals surface area contributed by atoms with Gasteiger partial charge in [0.25, 0.3) is 0 Å². The van der Waals surface area contributed by atoms with Crippen LogP contribution in [0.2, 0.25) is 0 Å². The van der Waals surface area contributed by atoms with Crippen molar-refractivity contribution in [2.45, 2.75) is 50.6 Å². The fraction of sp³-hybridized carbons (Fsp3) is 0.929. The Morgan fingerprint density at radius 2 is 2.00 bits per heavy atom. The topological polar surface area (TPSA) is 52.6 Å². The van der Waals surface area contributed by atoms with Crippen LogP contribution in [0, 0.1) is 11.8 Å². The molecule has 1 saturated heterocycles. The number of rotatable bonds is 5. The molecule has 0 aromatic carbocycles. The summed E-state index contributed by atoms with van der Waals surface area (Å²) in [5.41, 5.74) is 0. The third kappa shape index (κ3) is 2.86. The zero-order valence-electron chi connectivity index (χ0n) is 11.0. The number of carboxylic acid groups (broad SMARTS) is 1. The normalized spacial score (nSPS) is 34.2. The zero-order valence-corrected chi connectivity index (χ0v) is 11.0. The number of nitrogens with one attached hydrogen (secondary N) is 1. The van der Waals surface area contributed by atoms with E-state index in [9.17, 15) is 9.90 Å². The Balaban J connectivity index is 1.55. The molecule has 2 atom stereocenters. The molecule has 0 aromatic heterocycles. The van der Waals surface area contributed by atoms with E-state index in [1.54, 1.807) is 0 Å². The summed E-state index contributed by atoms with van der Waals surface area (Å²) in [6.07, 6.45) is 7.37. The second kappa shape index (κ2) is 5.17. The standard InChI is InChI=1S/C14H24N2O2/c17-14(18)11-6-12(15-7-10-4-5-10)9-16(8-11)13-2-1-3-13/h10-13,15H,1-9H2,(H,17,18). The van der Waals surface area contributed by atoms with Crippen LogP contribution in [-0.2, 0) is 4.79 Å². The van der Waals surface area contributed by atoms with Crippen molar-refractivity contribution in [3.8, 4) is 0 Å². The lowest BCUT2D eigenvalue weighted by atomic mass is 9.86. The van der Waals surface area contributed by atoms with Crippen LogP contribution in [0.25, 0.3) is 0 Å². The van der Waals surface area contributed by atoms with Crippen molar-refractivity contribution in [1.82, 2.24) is 10.2 Å². The number of hydrogen-bond donors (Lipinski definition) is 2. The van der Waals surface area contributed by atoms with Gasteiger partial charge in [0.15, 0.2) is 0 Å². The van der Waals surface area contributed by atoms with E-state index < -0.39 is 5.97 Å². The van der Waals surface area contributed by atoms with Crippen molar-refractivity contribution < 1.29 is 9.90 Å². The summed E-state index contributed by atoms with van der Waals surface area (Å²) >= 11 is 0. The summed E-state index contributed by atoms with van der Waals surface area (Å²) in [7, 11) is 0. The first-order valence-corrected chi connectivity index (χ1v) is 7.42. The number of carbonyl (C=O) groups is 1. The van der Waals surface area contributed by atoms with Gasteiger partial charge in [0, 0.05) is 25.2 Å². The van der Waals surface area contributed by atoms with Crippen LogP contribution >= 0.6 is 0 Å². The minimum Gasteiger partial charge on any atom is -0.481 e. The summed E-state index contributed by atoms with van der Waals surface area (Å²) < 4.78 is 0. The Morgan fingerprint density at radius 1 is 1.22 bits per heavy atom. The van der Waals surface area contributed by atoms with Gasteiger partial charge in [-0.15, -0.1) is 0 Å². The van der Waals surface area contributed by atoms with Crippen LogP contribution in [0.4, 0.5) is 0 Å². The Hall–Kier alpha value is -0.610. The molecule has 3 fully saturated rings. The SMILES string of the molecule is O=C(O)C1CC(NCC2CC2)CN(C2CCC2)C1.